The summed E-state index contributed by atoms with van der Waals surface area (Å²) in [6, 6.07) is 5.38. The summed E-state index contributed by atoms with van der Waals surface area (Å²) in [6.45, 7) is 0. The van der Waals surface area contributed by atoms with Crippen LogP contribution in [-0.2, 0) is 10.0 Å². The van der Waals surface area contributed by atoms with Crippen LogP contribution in [-0.4, -0.2) is 24.5 Å². The molecule has 25 heavy (non-hydrogen) atoms. The van der Waals surface area contributed by atoms with E-state index in [-0.39, 0.29) is 11.3 Å². The maximum absolute atomic E-state index is 14.1. The molecule has 0 unspecified atom stereocenters. The molecule has 1 heterocycles. The molecular weight excluding hydrogens is 394 g/mol. The molecule has 0 saturated carbocycles. The molecule has 0 aliphatic rings. The molecule has 3 rings (SSSR count). The Hall–Kier alpha value is -2.29. The highest BCUT2D eigenvalue weighted by Crippen LogP contribution is 2.35. The molecule has 3 aromatic rings. The van der Waals surface area contributed by atoms with Crippen LogP contribution in [0.5, 0.6) is 0 Å². The van der Waals surface area contributed by atoms with E-state index >= 15 is 0 Å². The maximum Gasteiger partial charge on any atom is 0.335 e. The van der Waals surface area contributed by atoms with Gasteiger partial charge in [0.2, 0.25) is 0 Å². The van der Waals surface area contributed by atoms with Crippen molar-refractivity contribution in [1.29, 1.82) is 0 Å². The Morgan fingerprint density at radius 2 is 1.88 bits per heavy atom. The average Bonchev–Trinajstić information content (AvgIpc) is 2.92. The van der Waals surface area contributed by atoms with Gasteiger partial charge in [0, 0.05) is 11.6 Å². The lowest BCUT2D eigenvalue weighted by Crippen LogP contribution is -2.15. The van der Waals surface area contributed by atoms with E-state index in [1.807, 2.05) is 0 Å². The van der Waals surface area contributed by atoms with E-state index < -0.39 is 26.7 Å². The van der Waals surface area contributed by atoms with Crippen molar-refractivity contribution < 1.29 is 22.7 Å². The SMILES string of the molecule is O=C(O)c1ccc(S(=O)(=O)Nc2ccc(Cl)c3c(Cl)c[nH]c23)c(F)c1. The minimum Gasteiger partial charge on any atom is -0.478 e. The quantitative estimate of drug-likeness (QED) is 0.611. The van der Waals surface area contributed by atoms with Crippen molar-refractivity contribution in [2.45, 2.75) is 4.90 Å². The lowest BCUT2D eigenvalue weighted by Gasteiger charge is -2.11. The summed E-state index contributed by atoms with van der Waals surface area (Å²) in [5, 5.41) is 9.87. The van der Waals surface area contributed by atoms with Gasteiger partial charge in [-0.05, 0) is 30.3 Å². The number of fused-ring (bicyclic) bond motifs is 1. The van der Waals surface area contributed by atoms with E-state index in [1.54, 1.807) is 0 Å². The number of sulfonamides is 1. The molecule has 10 heteroatoms. The molecule has 0 atom stereocenters. The van der Waals surface area contributed by atoms with Gasteiger partial charge in [0.1, 0.15) is 10.7 Å². The molecular formula is C15H9Cl2FN2O4S. The van der Waals surface area contributed by atoms with E-state index in [2.05, 4.69) is 9.71 Å². The Labute approximate surface area is 151 Å². The maximum atomic E-state index is 14.1. The summed E-state index contributed by atoms with van der Waals surface area (Å²) in [5.74, 6) is -2.54. The monoisotopic (exact) mass is 402 g/mol. The molecule has 6 nitrogen and oxygen atoms in total. The zero-order valence-corrected chi connectivity index (χ0v) is 14.5. The van der Waals surface area contributed by atoms with Crippen molar-refractivity contribution in [1.82, 2.24) is 4.98 Å². The summed E-state index contributed by atoms with van der Waals surface area (Å²) in [5.41, 5.74) is 0.0955. The fourth-order valence-electron chi connectivity index (χ4n) is 2.30. The van der Waals surface area contributed by atoms with Crippen molar-refractivity contribution in [3.63, 3.8) is 0 Å². The number of carbonyl (C=O) groups is 1. The van der Waals surface area contributed by atoms with Crippen LogP contribution in [0.1, 0.15) is 10.4 Å². The number of carboxylic acids is 1. The molecule has 0 spiro atoms. The summed E-state index contributed by atoms with van der Waals surface area (Å²) in [6.07, 6.45) is 1.44. The summed E-state index contributed by atoms with van der Waals surface area (Å²) >= 11 is 12.0. The molecule has 2 aromatic carbocycles. The first-order valence-corrected chi connectivity index (χ1v) is 8.95. The molecule has 0 amide bonds. The van der Waals surface area contributed by atoms with Gasteiger partial charge < -0.3 is 10.1 Å². The van der Waals surface area contributed by atoms with Gasteiger partial charge in [-0.2, -0.15) is 0 Å². The number of rotatable bonds is 4. The van der Waals surface area contributed by atoms with E-state index in [9.17, 15) is 17.6 Å². The smallest absolute Gasteiger partial charge is 0.335 e. The van der Waals surface area contributed by atoms with Gasteiger partial charge in [-0.15, -0.1) is 0 Å². The van der Waals surface area contributed by atoms with Gasteiger partial charge in [-0.3, -0.25) is 4.72 Å². The second kappa shape index (κ2) is 6.21. The number of hydrogen-bond donors (Lipinski definition) is 3. The van der Waals surface area contributed by atoms with Gasteiger partial charge in [0.05, 0.1) is 26.8 Å². The number of H-pyrrole nitrogens is 1. The van der Waals surface area contributed by atoms with Crippen molar-refractivity contribution in [3.8, 4) is 0 Å². The lowest BCUT2D eigenvalue weighted by molar-refractivity contribution is 0.0696. The van der Waals surface area contributed by atoms with Crippen molar-refractivity contribution in [2.75, 3.05) is 4.72 Å². The molecule has 3 N–H and O–H groups in total. The third-order valence-corrected chi connectivity index (χ3v) is 5.46. The Balaban J connectivity index is 2.06. The number of nitrogens with one attached hydrogen (secondary N) is 2. The predicted molar refractivity (Wildman–Crippen MR) is 92.5 cm³/mol. The molecule has 130 valence electrons. The lowest BCUT2D eigenvalue weighted by atomic mass is 10.2. The van der Waals surface area contributed by atoms with Crippen LogP contribution in [0.3, 0.4) is 0 Å². The average molecular weight is 403 g/mol. The molecule has 0 bridgehead atoms. The second-order valence-corrected chi connectivity index (χ2v) is 7.50. The minimum absolute atomic E-state index is 0.119. The zero-order valence-electron chi connectivity index (χ0n) is 12.2. The van der Waals surface area contributed by atoms with E-state index in [1.165, 1.54) is 18.3 Å². The number of aromatic amines is 1. The number of halogens is 3. The Morgan fingerprint density at radius 3 is 2.52 bits per heavy atom. The number of hydrogen-bond acceptors (Lipinski definition) is 3. The highest BCUT2D eigenvalue weighted by atomic mass is 35.5. The standard InChI is InChI=1S/C15H9Cl2FN2O4S/c16-8-2-3-11(14-13(8)9(17)6-19-14)20-25(23,24)12-4-1-7(15(21)22)5-10(12)18/h1-6,19-20H,(H,21,22). The van der Waals surface area contributed by atoms with Crippen LogP contribution in [0.4, 0.5) is 10.1 Å². The number of aromatic carboxylic acids is 1. The highest BCUT2D eigenvalue weighted by Gasteiger charge is 2.22. The van der Waals surface area contributed by atoms with Gasteiger partial charge >= 0.3 is 5.97 Å². The normalized spacial score (nSPS) is 11.6. The van der Waals surface area contributed by atoms with Crippen LogP contribution in [0.25, 0.3) is 10.9 Å². The van der Waals surface area contributed by atoms with Crippen LogP contribution >= 0.6 is 23.2 Å². The third-order valence-electron chi connectivity index (χ3n) is 3.45. The van der Waals surface area contributed by atoms with Gasteiger partial charge in [0.15, 0.2) is 0 Å². The van der Waals surface area contributed by atoms with Crippen LogP contribution in [0, 0.1) is 5.82 Å². The van der Waals surface area contributed by atoms with Crippen molar-refractivity contribution in [2.24, 2.45) is 0 Å². The molecule has 0 aliphatic heterocycles. The molecule has 1 aromatic heterocycles. The Morgan fingerprint density at radius 1 is 1.16 bits per heavy atom. The Kier molecular flexibility index (Phi) is 4.36. The van der Waals surface area contributed by atoms with E-state index in [4.69, 9.17) is 28.3 Å². The molecule has 0 fully saturated rings. The summed E-state index contributed by atoms with van der Waals surface area (Å²) in [4.78, 5) is 12.9. The second-order valence-electron chi connectivity index (χ2n) is 5.04. The largest absolute Gasteiger partial charge is 0.478 e. The first-order valence-electron chi connectivity index (χ1n) is 6.71. The summed E-state index contributed by atoms with van der Waals surface area (Å²) < 4.78 is 41.2. The van der Waals surface area contributed by atoms with Crippen molar-refractivity contribution in [3.05, 3.63) is 58.0 Å². The van der Waals surface area contributed by atoms with E-state index in [0.29, 0.717) is 27.0 Å². The summed E-state index contributed by atoms with van der Waals surface area (Å²) in [7, 11) is -4.31. The Bertz CT molecular complexity index is 1110. The predicted octanol–water partition coefficient (Wildman–Crippen LogP) is 4.11. The zero-order chi connectivity index (χ0) is 18.4. The fraction of sp³-hybridized carbons (Fsp3) is 0. The molecule has 0 aliphatic carbocycles. The molecule has 0 radical (unpaired) electrons. The molecule has 0 saturated heterocycles. The minimum atomic E-state index is -4.31. The van der Waals surface area contributed by atoms with Gasteiger partial charge in [-0.25, -0.2) is 17.6 Å². The van der Waals surface area contributed by atoms with E-state index in [0.717, 1.165) is 12.1 Å². The fourth-order valence-corrected chi connectivity index (χ4v) is 4.00. The number of anilines is 1. The van der Waals surface area contributed by atoms with Gasteiger partial charge in [0.25, 0.3) is 10.0 Å². The number of aromatic nitrogens is 1. The topological polar surface area (TPSA) is 99.3 Å². The number of benzene rings is 2. The highest BCUT2D eigenvalue weighted by molar-refractivity contribution is 7.92. The van der Waals surface area contributed by atoms with Crippen LogP contribution in [0.15, 0.2) is 41.4 Å². The first-order chi connectivity index (χ1) is 11.7. The van der Waals surface area contributed by atoms with Gasteiger partial charge in [-0.1, -0.05) is 23.2 Å². The first kappa shape index (κ1) is 17.5. The van der Waals surface area contributed by atoms with Crippen LogP contribution < -0.4 is 4.72 Å². The van der Waals surface area contributed by atoms with Crippen LogP contribution in [0.2, 0.25) is 10.0 Å². The number of carboxylic acid groups (broad SMARTS) is 1. The third kappa shape index (κ3) is 3.15. The van der Waals surface area contributed by atoms with Crippen molar-refractivity contribution >= 4 is 55.8 Å².